The van der Waals surface area contributed by atoms with E-state index in [1.165, 1.54) is 0 Å². The van der Waals surface area contributed by atoms with Gasteiger partial charge >= 0.3 is 7.82 Å². The first kappa shape index (κ1) is 13.7. The van der Waals surface area contributed by atoms with E-state index >= 15 is 0 Å². The third-order valence-corrected chi connectivity index (χ3v) is 0.992. The maximum Gasteiger partial charge on any atom is 0.469 e. The number of phosphoric acid groups is 1. The number of hydrogen-bond donors (Lipinski definition) is 2. The molecule has 0 aromatic heterocycles. The van der Waals surface area contributed by atoms with Crippen LogP contribution >= 0.6 is 7.82 Å². The Balaban J connectivity index is 0. The van der Waals surface area contributed by atoms with Crippen LogP contribution in [-0.4, -0.2) is 65.3 Å². The minimum absolute atomic E-state index is 0. The summed E-state index contributed by atoms with van der Waals surface area (Å²) < 4.78 is 13.8. The molecule has 0 bridgehead atoms. The van der Waals surface area contributed by atoms with E-state index in [4.69, 9.17) is 15.0 Å². The molecule has 0 heterocycles. The van der Waals surface area contributed by atoms with Crippen molar-refractivity contribution < 1.29 is 18.9 Å². The van der Waals surface area contributed by atoms with Crippen molar-refractivity contribution in [2.24, 2.45) is 0 Å². The number of nitriles is 1. The van der Waals surface area contributed by atoms with Crippen LogP contribution in [0.1, 0.15) is 6.42 Å². The Kier molecular flexibility index (Phi) is 9.42. The Morgan fingerprint density at radius 1 is 1.60 bits per heavy atom. The molecule has 0 aromatic rings. The first-order chi connectivity index (χ1) is 4.06. The van der Waals surface area contributed by atoms with Gasteiger partial charge in [0.05, 0.1) is 19.1 Å². The van der Waals surface area contributed by atoms with Crippen molar-refractivity contribution in [1.82, 2.24) is 0 Å². The largest absolute Gasteiger partial charge is 0.469 e. The Bertz CT molecular complexity index is 160. The van der Waals surface area contributed by atoms with Crippen molar-refractivity contribution in [2.75, 3.05) is 6.61 Å². The molecule has 54 valence electrons. The molecule has 2 radical (unpaired) electrons. The predicted octanol–water partition coefficient (Wildman–Crippen LogP) is -0.371. The van der Waals surface area contributed by atoms with Gasteiger partial charge in [-0.05, 0) is 0 Å². The minimum Gasteiger partial charge on any atom is -0.303 e. The monoisotopic (exact) mass is 289 g/mol. The number of nitrogens with zero attached hydrogens (tertiary/aromatic N) is 1. The summed E-state index contributed by atoms with van der Waals surface area (Å²) in [4.78, 5) is 16.0. The van der Waals surface area contributed by atoms with Crippen molar-refractivity contribution in [2.45, 2.75) is 6.42 Å². The molecule has 0 aliphatic heterocycles. The summed E-state index contributed by atoms with van der Waals surface area (Å²) in [5.41, 5.74) is 0. The molecule has 0 spiro atoms. The predicted molar refractivity (Wildman–Crippen MR) is 34.0 cm³/mol. The molecule has 0 amide bonds. The molecule has 0 saturated carbocycles. The van der Waals surface area contributed by atoms with E-state index in [2.05, 4.69) is 4.52 Å². The summed E-state index contributed by atoms with van der Waals surface area (Å²) in [5, 5.41) is 7.88. The Morgan fingerprint density at radius 3 is 2.40 bits per heavy atom. The fraction of sp³-hybridized carbons (Fsp3) is 0.667. The molecule has 5 nitrogen and oxygen atoms in total. The van der Waals surface area contributed by atoms with Crippen LogP contribution in [0.5, 0.6) is 0 Å². The first-order valence-electron chi connectivity index (χ1n) is 2.13. The zero-order valence-corrected chi connectivity index (χ0v) is 10.6. The molecular formula is C3H6BaNO4P. The molecule has 0 aromatic carbocycles. The average molecular weight is 288 g/mol. The molecule has 7 heteroatoms. The normalized spacial score (nSPS) is 9.70. The maximum absolute atomic E-state index is 9.87. The summed E-state index contributed by atoms with van der Waals surface area (Å²) >= 11 is 0. The second-order valence-electron chi connectivity index (χ2n) is 1.23. The van der Waals surface area contributed by atoms with E-state index in [1.807, 2.05) is 0 Å². The van der Waals surface area contributed by atoms with E-state index in [0.717, 1.165) is 0 Å². The Hall–Kier alpha value is 1.17. The molecule has 2 N–H and O–H groups in total. The van der Waals surface area contributed by atoms with Gasteiger partial charge in [0, 0.05) is 48.9 Å². The van der Waals surface area contributed by atoms with Crippen LogP contribution in [0.25, 0.3) is 0 Å². The van der Waals surface area contributed by atoms with Gasteiger partial charge < -0.3 is 9.79 Å². The van der Waals surface area contributed by atoms with Crippen LogP contribution in [0.4, 0.5) is 0 Å². The fourth-order valence-corrected chi connectivity index (χ4v) is 0.539. The topological polar surface area (TPSA) is 90.5 Å². The summed E-state index contributed by atoms with van der Waals surface area (Å²) in [7, 11) is -4.35. The molecule has 0 aliphatic rings. The maximum atomic E-state index is 9.87. The molecule has 0 rings (SSSR count). The SMILES string of the molecule is N#CCCOP(=O)(O)O.[Ba]. The molecular weight excluding hydrogens is 282 g/mol. The summed E-state index contributed by atoms with van der Waals surface area (Å²) in [6.45, 7) is -0.221. The van der Waals surface area contributed by atoms with Gasteiger partial charge in [-0.15, -0.1) is 0 Å². The van der Waals surface area contributed by atoms with Gasteiger partial charge in [0.25, 0.3) is 0 Å². The van der Waals surface area contributed by atoms with Crippen LogP contribution in [0.15, 0.2) is 0 Å². The van der Waals surface area contributed by atoms with Gasteiger partial charge in [0.1, 0.15) is 0 Å². The number of rotatable bonds is 3. The van der Waals surface area contributed by atoms with E-state index < -0.39 is 7.82 Å². The van der Waals surface area contributed by atoms with Crippen molar-refractivity contribution in [1.29, 1.82) is 5.26 Å². The third kappa shape index (κ3) is 11.9. The van der Waals surface area contributed by atoms with Crippen LogP contribution < -0.4 is 0 Å². The summed E-state index contributed by atoms with van der Waals surface area (Å²) in [6, 6.07) is 1.67. The van der Waals surface area contributed by atoms with Crippen molar-refractivity contribution >= 4 is 56.7 Å². The molecule has 0 fully saturated rings. The zero-order chi connectivity index (χ0) is 7.33. The average Bonchev–Trinajstić information content (AvgIpc) is 1.63. The molecule has 0 saturated heterocycles. The third-order valence-electron chi connectivity index (χ3n) is 0.473. The fourth-order valence-electron chi connectivity index (χ4n) is 0.210. The van der Waals surface area contributed by atoms with Gasteiger partial charge in [0.15, 0.2) is 0 Å². The minimum atomic E-state index is -4.35. The molecule has 0 atom stereocenters. The zero-order valence-electron chi connectivity index (χ0n) is 5.23. The quantitative estimate of drug-likeness (QED) is 0.420. The van der Waals surface area contributed by atoms with Crippen molar-refractivity contribution in [3.05, 3.63) is 0 Å². The standard InChI is InChI=1S/C3H6NO4P.Ba/c4-2-1-3-8-9(5,6)7;/h1,3H2,(H2,5,6,7);. The van der Waals surface area contributed by atoms with Crippen LogP contribution in [-0.2, 0) is 9.09 Å². The van der Waals surface area contributed by atoms with Crippen molar-refractivity contribution in [3.8, 4) is 6.07 Å². The van der Waals surface area contributed by atoms with Gasteiger partial charge in [-0.25, -0.2) is 4.57 Å². The van der Waals surface area contributed by atoms with E-state index in [9.17, 15) is 4.57 Å². The number of hydrogen-bond acceptors (Lipinski definition) is 3. The Morgan fingerprint density at radius 2 is 2.10 bits per heavy atom. The van der Waals surface area contributed by atoms with Gasteiger partial charge in [0.2, 0.25) is 0 Å². The molecule has 0 unspecified atom stereocenters. The smallest absolute Gasteiger partial charge is 0.303 e. The summed E-state index contributed by atoms with van der Waals surface area (Å²) in [6.07, 6.45) is -0.00882. The van der Waals surface area contributed by atoms with E-state index in [-0.39, 0.29) is 61.9 Å². The van der Waals surface area contributed by atoms with E-state index in [1.54, 1.807) is 6.07 Å². The Labute approximate surface area is 98.7 Å². The first-order valence-corrected chi connectivity index (χ1v) is 3.66. The second-order valence-corrected chi connectivity index (χ2v) is 2.47. The molecule has 10 heavy (non-hydrogen) atoms. The van der Waals surface area contributed by atoms with Crippen LogP contribution in [0.3, 0.4) is 0 Å². The molecule has 0 aliphatic carbocycles. The van der Waals surface area contributed by atoms with E-state index in [0.29, 0.717) is 0 Å². The van der Waals surface area contributed by atoms with Crippen molar-refractivity contribution in [3.63, 3.8) is 0 Å². The summed E-state index contributed by atoms with van der Waals surface area (Å²) in [5.74, 6) is 0. The van der Waals surface area contributed by atoms with Gasteiger partial charge in [-0.1, -0.05) is 0 Å². The van der Waals surface area contributed by atoms with Crippen LogP contribution in [0.2, 0.25) is 0 Å². The van der Waals surface area contributed by atoms with Crippen LogP contribution in [0, 0.1) is 11.3 Å². The van der Waals surface area contributed by atoms with Gasteiger partial charge in [-0.2, -0.15) is 5.26 Å². The number of phosphoric ester groups is 1. The van der Waals surface area contributed by atoms with Gasteiger partial charge in [-0.3, -0.25) is 4.52 Å². The second kappa shape index (κ2) is 6.86.